The van der Waals surface area contributed by atoms with Crippen molar-refractivity contribution in [3.8, 4) is 0 Å². The molecule has 14 heavy (non-hydrogen) atoms. The summed E-state index contributed by atoms with van der Waals surface area (Å²) in [6, 6.07) is 6.20. The molecular weight excluding hydrogens is 194 g/mol. The van der Waals surface area contributed by atoms with E-state index >= 15 is 0 Å². The number of benzene rings is 1. The number of halogens is 1. The molecule has 1 nitrogen and oxygen atoms in total. The van der Waals surface area contributed by atoms with Crippen molar-refractivity contribution in [2.75, 3.05) is 6.54 Å². The maximum absolute atomic E-state index is 6.02. The highest BCUT2D eigenvalue weighted by atomic mass is 35.5. The molecule has 1 unspecified atom stereocenters. The first-order chi connectivity index (χ1) is 6.65. The molecule has 0 radical (unpaired) electrons. The molecule has 2 N–H and O–H groups in total. The highest BCUT2D eigenvalue weighted by Gasteiger charge is 2.30. The highest BCUT2D eigenvalue weighted by molar-refractivity contribution is 6.30. The van der Waals surface area contributed by atoms with Gasteiger partial charge in [-0.2, -0.15) is 0 Å². The predicted octanol–water partition coefficient (Wildman–Crippen LogP) is 2.89. The molecule has 0 saturated carbocycles. The van der Waals surface area contributed by atoms with Crippen LogP contribution >= 0.6 is 11.6 Å². The Morgan fingerprint density at radius 1 is 1.50 bits per heavy atom. The zero-order chi connectivity index (χ0) is 10.2. The van der Waals surface area contributed by atoms with Crippen LogP contribution in [0.25, 0.3) is 0 Å². The van der Waals surface area contributed by atoms with Gasteiger partial charge in [0.1, 0.15) is 0 Å². The van der Waals surface area contributed by atoms with Gasteiger partial charge in [0, 0.05) is 17.0 Å². The maximum Gasteiger partial charge on any atom is 0.0409 e. The van der Waals surface area contributed by atoms with Crippen molar-refractivity contribution in [2.24, 2.45) is 5.73 Å². The van der Waals surface area contributed by atoms with E-state index in [1.165, 1.54) is 30.4 Å². The Morgan fingerprint density at radius 3 is 3.00 bits per heavy atom. The average molecular weight is 210 g/mol. The number of aryl methyl sites for hydroxylation is 1. The van der Waals surface area contributed by atoms with E-state index in [1.54, 1.807) is 0 Å². The fourth-order valence-corrected chi connectivity index (χ4v) is 2.52. The molecule has 0 aliphatic heterocycles. The van der Waals surface area contributed by atoms with Crippen LogP contribution in [0.1, 0.15) is 30.9 Å². The second-order valence-electron chi connectivity index (χ2n) is 4.42. The monoisotopic (exact) mass is 209 g/mol. The lowest BCUT2D eigenvalue weighted by atomic mass is 9.71. The number of fused-ring (bicyclic) bond motifs is 1. The first-order valence-corrected chi connectivity index (χ1v) is 5.52. The van der Waals surface area contributed by atoms with Crippen LogP contribution in [0, 0.1) is 0 Å². The number of nitrogens with two attached hydrogens (primary N) is 1. The van der Waals surface area contributed by atoms with Crippen molar-refractivity contribution in [3.05, 3.63) is 34.3 Å². The largest absolute Gasteiger partial charge is 0.330 e. The quantitative estimate of drug-likeness (QED) is 0.757. The van der Waals surface area contributed by atoms with Crippen molar-refractivity contribution in [1.82, 2.24) is 0 Å². The van der Waals surface area contributed by atoms with Crippen LogP contribution in [-0.2, 0) is 11.8 Å². The maximum atomic E-state index is 6.02. The predicted molar refractivity (Wildman–Crippen MR) is 60.8 cm³/mol. The van der Waals surface area contributed by atoms with Crippen LogP contribution in [0.5, 0.6) is 0 Å². The molecule has 0 spiro atoms. The van der Waals surface area contributed by atoms with Gasteiger partial charge in [0.2, 0.25) is 0 Å². The third kappa shape index (κ3) is 1.55. The number of hydrogen-bond acceptors (Lipinski definition) is 1. The lowest BCUT2D eigenvalue weighted by molar-refractivity contribution is 0.404. The van der Waals surface area contributed by atoms with Crippen molar-refractivity contribution in [1.29, 1.82) is 0 Å². The summed E-state index contributed by atoms with van der Waals surface area (Å²) >= 11 is 6.02. The summed E-state index contributed by atoms with van der Waals surface area (Å²) < 4.78 is 0. The molecule has 1 aromatic carbocycles. The van der Waals surface area contributed by atoms with E-state index in [4.69, 9.17) is 17.3 Å². The van der Waals surface area contributed by atoms with E-state index in [2.05, 4.69) is 19.1 Å². The van der Waals surface area contributed by atoms with E-state index in [1.807, 2.05) is 6.07 Å². The summed E-state index contributed by atoms with van der Waals surface area (Å²) in [5.41, 5.74) is 8.78. The Kier molecular flexibility index (Phi) is 2.54. The topological polar surface area (TPSA) is 26.0 Å². The van der Waals surface area contributed by atoms with Crippen LogP contribution in [0.15, 0.2) is 18.2 Å². The first kappa shape index (κ1) is 10.0. The molecule has 0 bridgehead atoms. The van der Waals surface area contributed by atoms with Crippen molar-refractivity contribution in [3.63, 3.8) is 0 Å². The van der Waals surface area contributed by atoms with E-state index in [-0.39, 0.29) is 5.41 Å². The van der Waals surface area contributed by atoms with Crippen LogP contribution < -0.4 is 5.73 Å². The van der Waals surface area contributed by atoms with Crippen LogP contribution in [0.2, 0.25) is 5.02 Å². The van der Waals surface area contributed by atoms with Gasteiger partial charge in [-0.15, -0.1) is 0 Å². The number of hydrogen-bond donors (Lipinski definition) is 1. The molecule has 0 fully saturated rings. The third-order valence-electron chi connectivity index (χ3n) is 3.35. The molecule has 0 amide bonds. The summed E-state index contributed by atoms with van der Waals surface area (Å²) in [5, 5.41) is 0.824. The molecule has 1 aromatic rings. The van der Waals surface area contributed by atoms with Gasteiger partial charge in [-0.25, -0.2) is 0 Å². The molecule has 1 aliphatic rings. The zero-order valence-electron chi connectivity index (χ0n) is 8.52. The fourth-order valence-electron chi connectivity index (χ4n) is 2.34. The van der Waals surface area contributed by atoms with Crippen LogP contribution in [0.4, 0.5) is 0 Å². The minimum Gasteiger partial charge on any atom is -0.330 e. The SMILES string of the molecule is CC1(CN)CCCc2ccc(Cl)cc21. The normalized spacial score (nSPS) is 25.9. The zero-order valence-corrected chi connectivity index (χ0v) is 9.27. The molecular formula is C12H16ClN. The van der Waals surface area contributed by atoms with Gasteiger partial charge >= 0.3 is 0 Å². The summed E-state index contributed by atoms with van der Waals surface area (Å²) in [5.74, 6) is 0. The summed E-state index contributed by atoms with van der Waals surface area (Å²) in [4.78, 5) is 0. The van der Waals surface area contributed by atoms with Gasteiger partial charge in [0.15, 0.2) is 0 Å². The van der Waals surface area contributed by atoms with Gasteiger partial charge < -0.3 is 5.73 Å². The smallest absolute Gasteiger partial charge is 0.0409 e. The minimum atomic E-state index is 0.137. The van der Waals surface area contributed by atoms with Gasteiger partial charge in [-0.05, 0) is 42.5 Å². The average Bonchev–Trinajstić information content (AvgIpc) is 2.20. The number of rotatable bonds is 1. The van der Waals surface area contributed by atoms with Gasteiger partial charge in [0.25, 0.3) is 0 Å². The van der Waals surface area contributed by atoms with E-state index < -0.39 is 0 Å². The van der Waals surface area contributed by atoms with Crippen LogP contribution in [0.3, 0.4) is 0 Å². The summed E-state index contributed by atoms with van der Waals surface area (Å²) in [6.07, 6.45) is 3.58. The molecule has 0 saturated heterocycles. The Balaban J connectivity index is 2.52. The van der Waals surface area contributed by atoms with E-state index in [0.29, 0.717) is 6.54 Å². The molecule has 0 heterocycles. The van der Waals surface area contributed by atoms with Crippen molar-refractivity contribution in [2.45, 2.75) is 31.6 Å². The van der Waals surface area contributed by atoms with Crippen molar-refractivity contribution < 1.29 is 0 Å². The van der Waals surface area contributed by atoms with Gasteiger partial charge in [-0.1, -0.05) is 24.6 Å². The standard InChI is InChI=1S/C12H16ClN/c1-12(8-14)6-2-3-9-4-5-10(13)7-11(9)12/h4-5,7H,2-3,6,8,14H2,1H3. The second kappa shape index (κ2) is 3.56. The summed E-state index contributed by atoms with van der Waals surface area (Å²) in [6.45, 7) is 2.95. The Hall–Kier alpha value is -0.530. The summed E-state index contributed by atoms with van der Waals surface area (Å²) in [7, 11) is 0. The first-order valence-electron chi connectivity index (χ1n) is 5.15. The Bertz CT molecular complexity index is 348. The molecule has 76 valence electrons. The van der Waals surface area contributed by atoms with Gasteiger partial charge in [0.05, 0.1) is 0 Å². The van der Waals surface area contributed by atoms with E-state index in [0.717, 1.165) is 5.02 Å². The fraction of sp³-hybridized carbons (Fsp3) is 0.500. The molecule has 1 atom stereocenters. The van der Waals surface area contributed by atoms with Crippen molar-refractivity contribution >= 4 is 11.6 Å². The van der Waals surface area contributed by atoms with Gasteiger partial charge in [-0.3, -0.25) is 0 Å². The Labute approximate surface area is 90.3 Å². The molecule has 1 aliphatic carbocycles. The lowest BCUT2D eigenvalue weighted by Crippen LogP contribution is -2.35. The molecule has 0 aromatic heterocycles. The molecule has 2 heteroatoms. The third-order valence-corrected chi connectivity index (χ3v) is 3.58. The van der Waals surface area contributed by atoms with E-state index in [9.17, 15) is 0 Å². The lowest BCUT2D eigenvalue weighted by Gasteiger charge is -2.35. The highest BCUT2D eigenvalue weighted by Crippen LogP contribution is 2.37. The minimum absolute atomic E-state index is 0.137. The van der Waals surface area contributed by atoms with Crippen LogP contribution in [-0.4, -0.2) is 6.54 Å². The second-order valence-corrected chi connectivity index (χ2v) is 4.86. The Morgan fingerprint density at radius 2 is 2.29 bits per heavy atom. The molecule has 2 rings (SSSR count).